The zero-order valence-electron chi connectivity index (χ0n) is 15.6. The highest BCUT2D eigenvalue weighted by Crippen LogP contribution is 2.38. The minimum Gasteiger partial charge on any atom is -0.352 e. The average Bonchev–Trinajstić information content (AvgIpc) is 3.34. The summed E-state index contributed by atoms with van der Waals surface area (Å²) in [6.07, 6.45) is 5.03. The summed E-state index contributed by atoms with van der Waals surface area (Å²) in [5.41, 5.74) is 3.47. The Bertz CT molecular complexity index is 1010. The summed E-state index contributed by atoms with van der Waals surface area (Å²) in [6, 6.07) is 3.93. The third-order valence-electron chi connectivity index (χ3n) is 5.06. The molecule has 1 aliphatic rings. The molecule has 0 unspecified atom stereocenters. The Kier molecular flexibility index (Phi) is 5.06. The van der Waals surface area contributed by atoms with Crippen molar-refractivity contribution < 1.29 is 9.59 Å². The normalized spacial score (nSPS) is 13.6. The van der Waals surface area contributed by atoms with Crippen molar-refractivity contribution in [3.05, 3.63) is 39.2 Å². The van der Waals surface area contributed by atoms with Crippen molar-refractivity contribution in [2.75, 3.05) is 11.9 Å². The lowest BCUT2D eigenvalue weighted by atomic mass is 9.95. The molecule has 3 heterocycles. The molecule has 0 saturated carbocycles. The topological polar surface area (TPSA) is 63.1 Å². The molecule has 5 nitrogen and oxygen atoms in total. The van der Waals surface area contributed by atoms with E-state index in [4.69, 9.17) is 0 Å². The van der Waals surface area contributed by atoms with Gasteiger partial charge in [0.2, 0.25) is 0 Å². The van der Waals surface area contributed by atoms with Gasteiger partial charge in [-0.2, -0.15) is 0 Å². The Morgan fingerprint density at radius 3 is 2.81 bits per heavy atom. The number of fused-ring (bicyclic) bond motifs is 2. The number of hydrogen-bond donors (Lipinski definition) is 2. The average molecular weight is 402 g/mol. The predicted molar refractivity (Wildman–Crippen MR) is 112 cm³/mol. The number of nitrogens with zero attached hydrogens (tertiary/aromatic N) is 1. The smallest absolute Gasteiger partial charge is 0.272 e. The van der Waals surface area contributed by atoms with Crippen molar-refractivity contribution in [1.29, 1.82) is 0 Å². The maximum atomic E-state index is 13.0. The van der Waals surface area contributed by atoms with Crippen molar-refractivity contribution >= 4 is 49.7 Å². The van der Waals surface area contributed by atoms with E-state index in [1.807, 2.05) is 36.1 Å². The van der Waals surface area contributed by atoms with Crippen molar-refractivity contribution in [2.24, 2.45) is 7.05 Å². The van der Waals surface area contributed by atoms with E-state index in [1.54, 1.807) is 22.7 Å². The van der Waals surface area contributed by atoms with Gasteiger partial charge in [-0.15, -0.1) is 22.7 Å². The lowest BCUT2D eigenvalue weighted by Gasteiger charge is -2.13. The van der Waals surface area contributed by atoms with Gasteiger partial charge in [0.05, 0.1) is 15.8 Å². The van der Waals surface area contributed by atoms with E-state index in [0.29, 0.717) is 22.8 Å². The van der Waals surface area contributed by atoms with Gasteiger partial charge in [0.25, 0.3) is 11.8 Å². The number of aromatic nitrogens is 1. The third kappa shape index (κ3) is 3.30. The van der Waals surface area contributed by atoms with Crippen LogP contribution in [0.25, 0.3) is 10.2 Å². The Morgan fingerprint density at radius 1 is 1.22 bits per heavy atom. The second-order valence-electron chi connectivity index (χ2n) is 6.88. The Hall–Kier alpha value is -2.12. The van der Waals surface area contributed by atoms with Crippen LogP contribution < -0.4 is 10.6 Å². The summed E-state index contributed by atoms with van der Waals surface area (Å²) in [6.45, 7) is 2.68. The van der Waals surface area contributed by atoms with Crippen LogP contribution in [0.4, 0.5) is 5.00 Å². The SMILES string of the molecule is CCCNC(=O)c1c(NC(=O)c2cc3sccc3n2C)sc2c1CCCC2. The van der Waals surface area contributed by atoms with Crippen LogP contribution in [0.15, 0.2) is 17.5 Å². The van der Waals surface area contributed by atoms with Crippen LogP contribution in [0.1, 0.15) is 57.5 Å². The molecule has 0 spiro atoms. The molecule has 27 heavy (non-hydrogen) atoms. The van der Waals surface area contributed by atoms with Gasteiger partial charge in [-0.25, -0.2) is 0 Å². The van der Waals surface area contributed by atoms with Crippen molar-refractivity contribution in [3.63, 3.8) is 0 Å². The fourth-order valence-electron chi connectivity index (χ4n) is 3.66. The largest absolute Gasteiger partial charge is 0.352 e. The van der Waals surface area contributed by atoms with Gasteiger partial charge in [0, 0.05) is 18.5 Å². The van der Waals surface area contributed by atoms with Crippen LogP contribution in [0.2, 0.25) is 0 Å². The zero-order chi connectivity index (χ0) is 19.0. The molecule has 0 atom stereocenters. The Balaban J connectivity index is 1.67. The van der Waals surface area contributed by atoms with Gasteiger partial charge in [-0.3, -0.25) is 9.59 Å². The first-order valence-electron chi connectivity index (χ1n) is 9.37. The lowest BCUT2D eigenvalue weighted by molar-refractivity contribution is 0.0954. The molecule has 1 aliphatic carbocycles. The number of aryl methyl sites for hydroxylation is 2. The van der Waals surface area contributed by atoms with Crippen LogP contribution in [-0.2, 0) is 19.9 Å². The monoisotopic (exact) mass is 401 g/mol. The number of anilines is 1. The fraction of sp³-hybridized carbons (Fsp3) is 0.400. The highest BCUT2D eigenvalue weighted by atomic mass is 32.1. The molecular formula is C20H23N3O2S2. The minimum atomic E-state index is -0.163. The van der Waals surface area contributed by atoms with Gasteiger partial charge >= 0.3 is 0 Å². The molecule has 0 saturated heterocycles. The number of hydrogen-bond acceptors (Lipinski definition) is 4. The summed E-state index contributed by atoms with van der Waals surface area (Å²) in [7, 11) is 1.90. The quantitative estimate of drug-likeness (QED) is 0.658. The molecule has 7 heteroatoms. The first-order valence-corrected chi connectivity index (χ1v) is 11.1. The van der Waals surface area contributed by atoms with E-state index in [-0.39, 0.29) is 11.8 Å². The number of amides is 2. The summed E-state index contributed by atoms with van der Waals surface area (Å²) in [4.78, 5) is 27.0. The summed E-state index contributed by atoms with van der Waals surface area (Å²) in [5.74, 6) is -0.233. The first kappa shape index (κ1) is 18.3. The number of carbonyl (C=O) groups is 2. The van der Waals surface area contributed by atoms with Crippen molar-refractivity contribution in [3.8, 4) is 0 Å². The van der Waals surface area contributed by atoms with E-state index in [0.717, 1.165) is 47.9 Å². The molecule has 0 radical (unpaired) electrons. The van der Waals surface area contributed by atoms with Gasteiger partial charge < -0.3 is 15.2 Å². The van der Waals surface area contributed by atoms with E-state index in [2.05, 4.69) is 10.6 Å². The number of carbonyl (C=O) groups excluding carboxylic acids is 2. The predicted octanol–water partition coefficient (Wildman–Crippen LogP) is 4.57. The summed E-state index contributed by atoms with van der Waals surface area (Å²) >= 11 is 3.18. The van der Waals surface area contributed by atoms with Crippen LogP contribution in [0, 0.1) is 0 Å². The van der Waals surface area contributed by atoms with E-state index in [1.165, 1.54) is 4.88 Å². The Labute approximate surface area is 166 Å². The molecule has 142 valence electrons. The molecule has 2 N–H and O–H groups in total. The second-order valence-corrected chi connectivity index (χ2v) is 8.94. The van der Waals surface area contributed by atoms with Gasteiger partial charge in [0.15, 0.2) is 0 Å². The molecule has 0 aromatic carbocycles. The van der Waals surface area contributed by atoms with Crippen LogP contribution in [0.3, 0.4) is 0 Å². The van der Waals surface area contributed by atoms with E-state index >= 15 is 0 Å². The second kappa shape index (κ2) is 7.48. The minimum absolute atomic E-state index is 0.0700. The zero-order valence-corrected chi connectivity index (χ0v) is 17.2. The molecule has 4 rings (SSSR count). The first-order chi connectivity index (χ1) is 13.1. The van der Waals surface area contributed by atoms with E-state index < -0.39 is 0 Å². The molecule has 3 aromatic rings. The maximum Gasteiger partial charge on any atom is 0.272 e. The summed E-state index contributed by atoms with van der Waals surface area (Å²) in [5, 5.41) is 8.72. The fourth-order valence-corrected chi connectivity index (χ4v) is 5.79. The van der Waals surface area contributed by atoms with Gasteiger partial charge in [-0.1, -0.05) is 6.92 Å². The standard InChI is InChI=1S/C20H23N3O2S2/c1-3-9-21-19(25)17-12-6-4-5-7-15(12)27-20(17)22-18(24)14-11-16-13(23(14)2)8-10-26-16/h8,10-11H,3-7,9H2,1-2H3,(H,21,25)(H,22,24). The molecule has 0 bridgehead atoms. The maximum absolute atomic E-state index is 13.0. The van der Waals surface area contributed by atoms with Crippen molar-refractivity contribution in [2.45, 2.75) is 39.0 Å². The molecule has 3 aromatic heterocycles. The van der Waals surface area contributed by atoms with E-state index in [9.17, 15) is 9.59 Å². The molecule has 0 aliphatic heterocycles. The van der Waals surface area contributed by atoms with Crippen molar-refractivity contribution in [1.82, 2.24) is 9.88 Å². The molecular weight excluding hydrogens is 378 g/mol. The Morgan fingerprint density at radius 2 is 2.04 bits per heavy atom. The number of thiophene rings is 2. The van der Waals surface area contributed by atoms with Crippen LogP contribution in [-0.4, -0.2) is 22.9 Å². The van der Waals surface area contributed by atoms with Crippen LogP contribution >= 0.6 is 22.7 Å². The van der Waals surface area contributed by atoms with Crippen LogP contribution in [0.5, 0.6) is 0 Å². The summed E-state index contributed by atoms with van der Waals surface area (Å²) < 4.78 is 3.00. The van der Waals surface area contributed by atoms with Gasteiger partial charge in [0.1, 0.15) is 10.7 Å². The number of nitrogens with one attached hydrogen (secondary N) is 2. The third-order valence-corrected chi connectivity index (χ3v) is 7.12. The highest BCUT2D eigenvalue weighted by molar-refractivity contribution is 7.17. The molecule has 2 amide bonds. The van der Waals surface area contributed by atoms with Gasteiger partial charge in [-0.05, 0) is 55.2 Å². The number of rotatable bonds is 5. The highest BCUT2D eigenvalue weighted by Gasteiger charge is 2.27. The lowest BCUT2D eigenvalue weighted by Crippen LogP contribution is -2.26. The molecule has 0 fully saturated rings.